The number of ether oxygens (including phenoxy) is 1. The summed E-state index contributed by atoms with van der Waals surface area (Å²) in [5, 5.41) is 0. The first kappa shape index (κ1) is 10.0. The fourth-order valence-corrected chi connectivity index (χ4v) is 0.409. The highest BCUT2D eigenvalue weighted by atomic mass is 19.3. The summed E-state index contributed by atoms with van der Waals surface area (Å²) in [7, 11) is 0. The highest BCUT2D eigenvalue weighted by Crippen LogP contribution is 1.93. The Morgan fingerprint density at radius 1 is 1.64 bits per heavy atom. The predicted octanol–water partition coefficient (Wildman–Crippen LogP) is 0.861. The molecule has 0 N–H and O–H groups in total. The van der Waals surface area contributed by atoms with Gasteiger partial charge in [-0.3, -0.25) is 4.79 Å². The van der Waals surface area contributed by atoms with Gasteiger partial charge >= 0.3 is 0 Å². The molecule has 0 amide bonds. The number of rotatable bonds is 5. The van der Waals surface area contributed by atoms with Crippen LogP contribution >= 0.6 is 0 Å². The first-order chi connectivity index (χ1) is 5.16. The molecule has 4 heteroatoms. The van der Waals surface area contributed by atoms with Crippen LogP contribution in [0.15, 0.2) is 0 Å². The lowest BCUT2D eigenvalue weighted by atomic mass is 10.3. The topological polar surface area (TPSA) is 26.3 Å². The lowest BCUT2D eigenvalue weighted by molar-refractivity contribution is -0.115. The number of hydrogen-bond acceptors (Lipinski definition) is 2. The molecule has 2 nitrogen and oxygen atoms in total. The van der Waals surface area contributed by atoms with Crippen LogP contribution in [0, 0.1) is 12.3 Å². The van der Waals surface area contributed by atoms with E-state index in [1.165, 1.54) is 0 Å². The first-order valence-corrected chi connectivity index (χ1v) is 3.02. The number of ketones is 1. The van der Waals surface area contributed by atoms with Gasteiger partial charge in [-0.1, -0.05) is 0 Å². The summed E-state index contributed by atoms with van der Waals surface area (Å²) in [5.41, 5.74) is 0. The average molecular weight is 162 g/mol. The summed E-state index contributed by atoms with van der Waals surface area (Å²) >= 11 is 0. The van der Waals surface area contributed by atoms with E-state index in [1.807, 2.05) is 5.92 Å². The number of halogens is 2. The molecule has 0 bridgehead atoms. The van der Waals surface area contributed by atoms with Gasteiger partial charge in [-0.05, 0) is 5.92 Å². The maximum Gasteiger partial charge on any atom is 0.261 e. The standard InChI is InChI=1S/C7H8F2O2/c1-2-6(10)3-4-11-5-7(8)9/h1,7H,3-5H2. The molecule has 0 saturated carbocycles. The lowest BCUT2D eigenvalue weighted by Gasteiger charge is -1.99. The van der Waals surface area contributed by atoms with Crippen molar-refractivity contribution in [1.29, 1.82) is 0 Å². The zero-order chi connectivity index (χ0) is 8.69. The Labute approximate surface area is 63.5 Å². The van der Waals surface area contributed by atoms with Gasteiger partial charge in [0.15, 0.2) is 0 Å². The zero-order valence-electron chi connectivity index (χ0n) is 5.85. The average Bonchev–Trinajstić information content (AvgIpc) is 1.97. The second-order valence-corrected chi connectivity index (χ2v) is 1.78. The Morgan fingerprint density at radius 3 is 2.73 bits per heavy atom. The van der Waals surface area contributed by atoms with Gasteiger partial charge in [-0.25, -0.2) is 8.78 Å². The van der Waals surface area contributed by atoms with Crippen molar-refractivity contribution in [2.45, 2.75) is 12.8 Å². The lowest BCUT2D eigenvalue weighted by Crippen LogP contribution is -2.07. The third-order valence-electron chi connectivity index (χ3n) is 0.878. The number of terminal acetylenes is 1. The second kappa shape index (κ2) is 5.81. The van der Waals surface area contributed by atoms with Gasteiger partial charge in [0.1, 0.15) is 6.61 Å². The minimum absolute atomic E-state index is 0.00319. The molecule has 0 aliphatic heterocycles. The molecule has 0 radical (unpaired) electrons. The molecule has 0 spiro atoms. The maximum absolute atomic E-state index is 11.4. The van der Waals surface area contributed by atoms with E-state index in [0.29, 0.717) is 0 Å². The Morgan fingerprint density at radius 2 is 2.27 bits per heavy atom. The van der Waals surface area contributed by atoms with Gasteiger partial charge in [-0.2, -0.15) is 0 Å². The molecular weight excluding hydrogens is 154 g/mol. The van der Waals surface area contributed by atoms with Crippen LogP contribution in [0.2, 0.25) is 0 Å². The molecule has 0 heterocycles. The smallest absolute Gasteiger partial charge is 0.261 e. The van der Waals surface area contributed by atoms with Gasteiger partial charge in [0.05, 0.1) is 6.61 Å². The molecule has 0 saturated heterocycles. The summed E-state index contributed by atoms with van der Waals surface area (Å²) in [6, 6.07) is 0. The van der Waals surface area contributed by atoms with Crippen LogP contribution in [-0.4, -0.2) is 25.4 Å². The van der Waals surface area contributed by atoms with Crippen molar-refractivity contribution in [1.82, 2.24) is 0 Å². The fourth-order valence-electron chi connectivity index (χ4n) is 0.409. The van der Waals surface area contributed by atoms with E-state index in [9.17, 15) is 13.6 Å². The Bertz CT molecular complexity index is 160. The van der Waals surface area contributed by atoms with Crippen LogP contribution in [0.3, 0.4) is 0 Å². The van der Waals surface area contributed by atoms with Crippen molar-refractivity contribution in [2.75, 3.05) is 13.2 Å². The third-order valence-corrected chi connectivity index (χ3v) is 0.878. The van der Waals surface area contributed by atoms with E-state index in [4.69, 9.17) is 6.42 Å². The van der Waals surface area contributed by atoms with Gasteiger partial charge in [-0.15, -0.1) is 6.42 Å². The highest BCUT2D eigenvalue weighted by Gasteiger charge is 2.02. The van der Waals surface area contributed by atoms with Crippen LogP contribution in [0.25, 0.3) is 0 Å². The largest absolute Gasteiger partial charge is 0.375 e. The quantitative estimate of drug-likeness (QED) is 0.340. The molecule has 0 rings (SSSR count). The molecule has 62 valence electrons. The minimum Gasteiger partial charge on any atom is -0.375 e. The van der Waals surface area contributed by atoms with Crippen LogP contribution in [0.4, 0.5) is 8.78 Å². The summed E-state index contributed by atoms with van der Waals surface area (Å²) in [4.78, 5) is 10.4. The molecule has 0 aliphatic rings. The minimum atomic E-state index is -2.49. The molecule has 0 aromatic carbocycles. The van der Waals surface area contributed by atoms with Crippen molar-refractivity contribution in [3.8, 4) is 12.3 Å². The first-order valence-electron chi connectivity index (χ1n) is 3.02. The van der Waals surface area contributed by atoms with Crippen LogP contribution in [0.5, 0.6) is 0 Å². The Hall–Kier alpha value is -0.950. The number of carbonyl (C=O) groups excluding carboxylic acids is 1. The van der Waals surface area contributed by atoms with E-state index < -0.39 is 18.8 Å². The summed E-state index contributed by atoms with van der Waals surface area (Å²) in [6.45, 7) is -0.675. The van der Waals surface area contributed by atoms with Gasteiger partial charge in [0.2, 0.25) is 5.78 Å². The van der Waals surface area contributed by atoms with Crippen LogP contribution in [-0.2, 0) is 9.53 Å². The van der Waals surface area contributed by atoms with E-state index in [2.05, 4.69) is 4.74 Å². The highest BCUT2D eigenvalue weighted by molar-refractivity contribution is 5.94. The molecular formula is C7H8F2O2. The SMILES string of the molecule is C#CC(=O)CCOCC(F)F. The van der Waals surface area contributed by atoms with Crippen molar-refractivity contribution >= 4 is 5.78 Å². The van der Waals surface area contributed by atoms with Crippen molar-refractivity contribution in [2.24, 2.45) is 0 Å². The zero-order valence-corrected chi connectivity index (χ0v) is 5.85. The monoisotopic (exact) mass is 162 g/mol. The van der Waals surface area contributed by atoms with Crippen LogP contribution < -0.4 is 0 Å². The van der Waals surface area contributed by atoms with Gasteiger partial charge in [0, 0.05) is 6.42 Å². The van der Waals surface area contributed by atoms with Gasteiger partial charge in [0.25, 0.3) is 6.43 Å². The molecule has 0 aliphatic carbocycles. The molecule has 0 aromatic rings. The summed E-state index contributed by atoms with van der Waals surface area (Å²) in [5.74, 6) is 1.42. The normalized spacial score (nSPS) is 9.64. The molecule has 0 unspecified atom stereocenters. The van der Waals surface area contributed by atoms with Crippen molar-refractivity contribution in [3.63, 3.8) is 0 Å². The predicted molar refractivity (Wildman–Crippen MR) is 35.3 cm³/mol. The molecule has 11 heavy (non-hydrogen) atoms. The Kier molecular flexibility index (Phi) is 5.30. The van der Waals surface area contributed by atoms with Crippen molar-refractivity contribution < 1.29 is 18.3 Å². The van der Waals surface area contributed by atoms with Gasteiger partial charge < -0.3 is 4.74 Å². The van der Waals surface area contributed by atoms with E-state index >= 15 is 0 Å². The van der Waals surface area contributed by atoms with E-state index in [0.717, 1.165) is 0 Å². The number of alkyl halides is 2. The maximum atomic E-state index is 11.4. The van der Waals surface area contributed by atoms with E-state index in [-0.39, 0.29) is 13.0 Å². The molecule has 0 aromatic heterocycles. The molecule has 0 atom stereocenters. The second-order valence-electron chi connectivity index (χ2n) is 1.78. The summed E-state index contributed by atoms with van der Waals surface area (Å²) < 4.78 is 27.2. The van der Waals surface area contributed by atoms with Crippen molar-refractivity contribution in [3.05, 3.63) is 0 Å². The third kappa shape index (κ3) is 6.94. The fraction of sp³-hybridized carbons (Fsp3) is 0.571. The number of carbonyl (C=O) groups is 1. The number of Topliss-reactive ketones (excluding diaryl/α,β-unsaturated/α-hetero) is 1. The van der Waals surface area contributed by atoms with Crippen LogP contribution in [0.1, 0.15) is 6.42 Å². The Balaban J connectivity index is 3.16. The van der Waals surface area contributed by atoms with E-state index in [1.54, 1.807) is 0 Å². The number of hydrogen-bond donors (Lipinski definition) is 0. The summed E-state index contributed by atoms with van der Waals surface area (Å²) in [6.07, 6.45) is 2.22. The molecule has 0 fully saturated rings.